The maximum atomic E-state index is 12.4. The second kappa shape index (κ2) is 7.09. The molecule has 0 aliphatic carbocycles. The molecule has 1 aliphatic rings. The maximum Gasteiger partial charge on any atom is 0.275 e. The van der Waals surface area contributed by atoms with Gasteiger partial charge in [0.15, 0.2) is 0 Å². The van der Waals surface area contributed by atoms with Crippen molar-refractivity contribution in [2.24, 2.45) is 0 Å². The van der Waals surface area contributed by atoms with Crippen molar-refractivity contribution in [3.63, 3.8) is 0 Å². The van der Waals surface area contributed by atoms with Crippen LogP contribution in [0, 0.1) is 0 Å². The van der Waals surface area contributed by atoms with Gasteiger partial charge < -0.3 is 10.1 Å². The predicted octanol–water partition coefficient (Wildman–Crippen LogP) is 1.83. The lowest BCUT2D eigenvalue weighted by atomic mass is 9.97. The molecule has 0 saturated heterocycles. The summed E-state index contributed by atoms with van der Waals surface area (Å²) in [7, 11) is 0. The van der Waals surface area contributed by atoms with Gasteiger partial charge >= 0.3 is 0 Å². The average Bonchev–Trinajstić information content (AvgIpc) is 2.69. The number of nitrogens with zero attached hydrogens (tertiary/aromatic N) is 2. The molecule has 0 unspecified atom stereocenters. The Morgan fingerprint density at radius 2 is 2.00 bits per heavy atom. The first-order chi connectivity index (χ1) is 12.7. The molecule has 1 amide bonds. The number of benzene rings is 2. The first-order valence-electron chi connectivity index (χ1n) is 8.63. The molecule has 3 aromatic rings. The second-order valence-electron chi connectivity index (χ2n) is 6.31. The standard InChI is InChI=1S/C20H19N3O3/c24-19(13-23-20(25)17-8-4-2-6-15(17)11-22-23)21-12-18-16-7-3-1-5-14(16)9-10-26-18/h1-8,11,18H,9-10,12-13H2,(H,21,24)/t18-/m0/s1. The van der Waals surface area contributed by atoms with Crippen LogP contribution in [0.4, 0.5) is 0 Å². The zero-order valence-corrected chi connectivity index (χ0v) is 14.2. The van der Waals surface area contributed by atoms with Crippen molar-refractivity contribution in [3.05, 3.63) is 76.2 Å². The Bertz CT molecular complexity index is 1010. The normalized spacial score (nSPS) is 16.2. The van der Waals surface area contributed by atoms with Crippen LogP contribution in [-0.4, -0.2) is 28.8 Å². The topological polar surface area (TPSA) is 73.2 Å². The molecule has 0 bridgehead atoms. The van der Waals surface area contributed by atoms with E-state index < -0.39 is 0 Å². The molecular weight excluding hydrogens is 330 g/mol. The summed E-state index contributed by atoms with van der Waals surface area (Å²) in [6.45, 7) is 0.902. The Morgan fingerprint density at radius 1 is 1.19 bits per heavy atom. The predicted molar refractivity (Wildman–Crippen MR) is 97.9 cm³/mol. The van der Waals surface area contributed by atoms with Crippen molar-refractivity contribution in [1.82, 2.24) is 15.1 Å². The molecule has 2 heterocycles. The van der Waals surface area contributed by atoms with Crippen molar-refractivity contribution in [2.75, 3.05) is 13.2 Å². The van der Waals surface area contributed by atoms with Crippen LogP contribution in [0.1, 0.15) is 17.2 Å². The van der Waals surface area contributed by atoms with Crippen LogP contribution in [-0.2, 0) is 22.5 Å². The van der Waals surface area contributed by atoms with Gasteiger partial charge in [0.05, 0.1) is 18.2 Å². The van der Waals surface area contributed by atoms with E-state index in [0.29, 0.717) is 18.5 Å². The van der Waals surface area contributed by atoms with Gasteiger partial charge in [0.1, 0.15) is 12.6 Å². The Labute approximate surface area is 150 Å². The Morgan fingerprint density at radius 3 is 2.92 bits per heavy atom. The minimum atomic E-state index is -0.266. The molecule has 0 fully saturated rings. The second-order valence-corrected chi connectivity index (χ2v) is 6.31. The monoisotopic (exact) mass is 349 g/mol. The summed E-state index contributed by atoms with van der Waals surface area (Å²) in [5.41, 5.74) is 2.10. The Balaban J connectivity index is 1.44. The van der Waals surface area contributed by atoms with E-state index in [1.54, 1.807) is 18.3 Å². The van der Waals surface area contributed by atoms with Crippen LogP contribution in [0.15, 0.2) is 59.5 Å². The number of carbonyl (C=O) groups is 1. The number of aromatic nitrogens is 2. The van der Waals surface area contributed by atoms with Crippen LogP contribution in [0.25, 0.3) is 10.8 Å². The summed E-state index contributed by atoms with van der Waals surface area (Å²) in [5, 5.41) is 8.26. The molecule has 1 aromatic heterocycles. The number of rotatable bonds is 4. The molecule has 2 aromatic carbocycles. The van der Waals surface area contributed by atoms with Gasteiger partial charge in [-0.05, 0) is 23.6 Å². The lowest BCUT2D eigenvalue weighted by molar-refractivity contribution is -0.122. The fraction of sp³-hybridized carbons (Fsp3) is 0.250. The largest absolute Gasteiger partial charge is 0.371 e. The lowest BCUT2D eigenvalue weighted by Crippen LogP contribution is -2.37. The van der Waals surface area contributed by atoms with Gasteiger partial charge in [-0.15, -0.1) is 0 Å². The van der Waals surface area contributed by atoms with Crippen molar-refractivity contribution in [2.45, 2.75) is 19.1 Å². The van der Waals surface area contributed by atoms with Gasteiger partial charge in [-0.3, -0.25) is 9.59 Å². The van der Waals surface area contributed by atoms with Gasteiger partial charge in [-0.2, -0.15) is 5.10 Å². The quantitative estimate of drug-likeness (QED) is 0.780. The van der Waals surface area contributed by atoms with Gasteiger partial charge in [0.2, 0.25) is 5.91 Å². The molecule has 1 aliphatic heterocycles. The van der Waals surface area contributed by atoms with Gasteiger partial charge in [0, 0.05) is 11.9 Å². The highest BCUT2D eigenvalue weighted by molar-refractivity contribution is 5.81. The van der Waals surface area contributed by atoms with Crippen LogP contribution < -0.4 is 10.9 Å². The van der Waals surface area contributed by atoms with E-state index in [0.717, 1.165) is 17.4 Å². The summed E-state index contributed by atoms with van der Waals surface area (Å²) in [4.78, 5) is 24.7. The first kappa shape index (κ1) is 16.5. The summed E-state index contributed by atoms with van der Waals surface area (Å²) >= 11 is 0. The summed E-state index contributed by atoms with van der Waals surface area (Å²) < 4.78 is 6.98. The van der Waals surface area contributed by atoms with Crippen molar-refractivity contribution < 1.29 is 9.53 Å². The SMILES string of the molecule is O=C(Cn1ncc2ccccc2c1=O)NC[C@@H]1OCCc2ccccc21. The highest BCUT2D eigenvalue weighted by atomic mass is 16.5. The van der Waals surface area contributed by atoms with Gasteiger partial charge in [0.25, 0.3) is 5.56 Å². The number of ether oxygens (including phenoxy) is 1. The van der Waals surface area contributed by atoms with Crippen LogP contribution in [0.5, 0.6) is 0 Å². The van der Waals surface area contributed by atoms with Gasteiger partial charge in [-0.1, -0.05) is 42.5 Å². The number of amides is 1. The van der Waals surface area contributed by atoms with E-state index in [9.17, 15) is 9.59 Å². The smallest absolute Gasteiger partial charge is 0.275 e. The summed E-state index contributed by atoms with van der Waals surface area (Å²) in [6.07, 6.45) is 2.33. The van der Waals surface area contributed by atoms with E-state index in [4.69, 9.17) is 4.74 Å². The molecule has 4 rings (SSSR count). The molecule has 1 N–H and O–H groups in total. The van der Waals surface area contributed by atoms with Crippen molar-refractivity contribution in [1.29, 1.82) is 0 Å². The molecule has 6 nitrogen and oxygen atoms in total. The zero-order chi connectivity index (χ0) is 17.9. The van der Waals surface area contributed by atoms with Crippen molar-refractivity contribution in [3.8, 4) is 0 Å². The van der Waals surface area contributed by atoms with E-state index in [-0.39, 0.29) is 24.1 Å². The molecular formula is C20H19N3O3. The van der Waals surface area contributed by atoms with E-state index >= 15 is 0 Å². The molecule has 0 radical (unpaired) electrons. The van der Waals surface area contributed by atoms with Crippen molar-refractivity contribution >= 4 is 16.7 Å². The minimum absolute atomic E-state index is 0.113. The maximum absolute atomic E-state index is 12.4. The zero-order valence-electron chi connectivity index (χ0n) is 14.2. The third-order valence-electron chi connectivity index (χ3n) is 4.63. The van der Waals surface area contributed by atoms with Crippen LogP contribution >= 0.6 is 0 Å². The first-order valence-corrected chi connectivity index (χ1v) is 8.63. The molecule has 0 spiro atoms. The average molecular weight is 349 g/mol. The number of carbonyl (C=O) groups excluding carboxylic acids is 1. The Kier molecular flexibility index (Phi) is 4.50. The third-order valence-corrected chi connectivity index (χ3v) is 4.63. The molecule has 1 atom stereocenters. The number of hydrogen-bond acceptors (Lipinski definition) is 4. The molecule has 0 saturated carbocycles. The molecule has 26 heavy (non-hydrogen) atoms. The third kappa shape index (κ3) is 3.23. The van der Waals surface area contributed by atoms with E-state index in [1.165, 1.54) is 10.2 Å². The number of hydrogen-bond donors (Lipinski definition) is 1. The summed E-state index contributed by atoms with van der Waals surface area (Å²) in [5.74, 6) is -0.262. The highest BCUT2D eigenvalue weighted by Gasteiger charge is 2.21. The fourth-order valence-corrected chi connectivity index (χ4v) is 3.28. The van der Waals surface area contributed by atoms with Crippen LogP contribution in [0.2, 0.25) is 0 Å². The van der Waals surface area contributed by atoms with Gasteiger partial charge in [-0.25, -0.2) is 4.68 Å². The van der Waals surface area contributed by atoms with Crippen LogP contribution in [0.3, 0.4) is 0 Å². The van der Waals surface area contributed by atoms with E-state index in [2.05, 4.69) is 16.5 Å². The molecule has 132 valence electrons. The number of fused-ring (bicyclic) bond motifs is 2. The highest BCUT2D eigenvalue weighted by Crippen LogP contribution is 2.26. The van der Waals surface area contributed by atoms with E-state index in [1.807, 2.05) is 30.3 Å². The minimum Gasteiger partial charge on any atom is -0.371 e. The molecule has 6 heteroatoms. The Hall–Kier alpha value is -2.99. The number of nitrogens with one attached hydrogen (secondary N) is 1. The summed E-state index contributed by atoms with van der Waals surface area (Å²) in [6, 6.07) is 15.3. The lowest BCUT2D eigenvalue weighted by Gasteiger charge is -2.26. The fourth-order valence-electron chi connectivity index (χ4n) is 3.28.